The molecule has 0 aliphatic rings. The van der Waals surface area contributed by atoms with Gasteiger partial charge in [0.25, 0.3) is 5.91 Å². The van der Waals surface area contributed by atoms with E-state index in [1.165, 1.54) is 0 Å². The molecule has 1 atom stereocenters. The molecule has 2 aromatic rings. The smallest absolute Gasteiger partial charge is 0.254 e. The summed E-state index contributed by atoms with van der Waals surface area (Å²) in [5, 5.41) is 17.4. The van der Waals surface area contributed by atoms with E-state index in [1.807, 2.05) is 38.1 Å². The number of carbonyl (C=O) groups excluding carboxylic acids is 1. The number of nitrogens with one attached hydrogen (secondary N) is 1. The molecule has 0 radical (unpaired) electrons. The van der Waals surface area contributed by atoms with Crippen LogP contribution in [0.4, 0.5) is 0 Å². The Bertz CT molecular complexity index is 670. The highest BCUT2D eigenvalue weighted by molar-refractivity contribution is 6.30. The van der Waals surface area contributed by atoms with Gasteiger partial charge in [0.2, 0.25) is 0 Å². The van der Waals surface area contributed by atoms with Crippen molar-refractivity contribution in [3.05, 3.63) is 52.3 Å². The first kappa shape index (κ1) is 17.5. The molecule has 0 fully saturated rings. The number of benzene rings is 1. The Morgan fingerprint density at radius 1 is 1.48 bits per heavy atom. The van der Waals surface area contributed by atoms with Crippen LogP contribution < -0.4 is 5.32 Å². The van der Waals surface area contributed by atoms with Crippen LogP contribution in [0.3, 0.4) is 0 Å². The number of aliphatic hydroxyl groups excluding tert-OH is 1. The number of aliphatic hydroxyl groups is 1. The first-order chi connectivity index (χ1) is 11.0. The zero-order valence-corrected chi connectivity index (χ0v) is 14.2. The van der Waals surface area contributed by atoms with Crippen LogP contribution >= 0.6 is 11.6 Å². The molecule has 1 amide bonds. The third-order valence-corrected chi connectivity index (χ3v) is 3.89. The number of halogens is 1. The second-order valence-corrected chi connectivity index (χ2v) is 6.00. The number of rotatable bonds is 7. The number of carbonyl (C=O) groups is 1. The molecular weight excluding hydrogens is 314 g/mol. The van der Waals surface area contributed by atoms with Gasteiger partial charge in [-0.2, -0.15) is 5.10 Å². The van der Waals surface area contributed by atoms with Gasteiger partial charge in [-0.1, -0.05) is 30.7 Å². The van der Waals surface area contributed by atoms with Crippen molar-refractivity contribution in [2.75, 3.05) is 6.54 Å². The molecule has 0 aliphatic carbocycles. The maximum Gasteiger partial charge on any atom is 0.254 e. The number of aromatic nitrogens is 2. The summed E-state index contributed by atoms with van der Waals surface area (Å²) in [4.78, 5) is 12.2. The third kappa shape index (κ3) is 5.08. The SMILES string of the molecule is CCC(O)CCNC(=O)c1cn(Cc2cccc(Cl)c2)nc1C. The zero-order valence-electron chi connectivity index (χ0n) is 13.4. The molecule has 5 nitrogen and oxygen atoms in total. The molecule has 1 aromatic carbocycles. The Morgan fingerprint density at radius 3 is 2.96 bits per heavy atom. The molecule has 0 aliphatic heterocycles. The summed E-state index contributed by atoms with van der Waals surface area (Å²) >= 11 is 5.98. The lowest BCUT2D eigenvalue weighted by Gasteiger charge is -2.08. The summed E-state index contributed by atoms with van der Waals surface area (Å²) in [7, 11) is 0. The first-order valence-corrected chi connectivity index (χ1v) is 8.12. The second kappa shape index (κ2) is 8.13. The molecule has 2 N–H and O–H groups in total. The van der Waals surface area contributed by atoms with E-state index in [0.29, 0.717) is 42.2 Å². The van der Waals surface area contributed by atoms with Gasteiger partial charge in [0, 0.05) is 17.8 Å². The van der Waals surface area contributed by atoms with Crippen molar-refractivity contribution in [1.29, 1.82) is 0 Å². The van der Waals surface area contributed by atoms with Gasteiger partial charge in [-0.05, 0) is 37.5 Å². The van der Waals surface area contributed by atoms with Crippen LogP contribution in [-0.4, -0.2) is 33.4 Å². The normalized spacial score (nSPS) is 12.2. The van der Waals surface area contributed by atoms with Crippen LogP contribution in [0.1, 0.15) is 41.4 Å². The Morgan fingerprint density at radius 2 is 2.26 bits per heavy atom. The Kier molecular flexibility index (Phi) is 6.19. The molecule has 0 spiro atoms. The van der Waals surface area contributed by atoms with Crippen molar-refractivity contribution < 1.29 is 9.90 Å². The summed E-state index contributed by atoms with van der Waals surface area (Å²) < 4.78 is 1.73. The van der Waals surface area contributed by atoms with Crippen LogP contribution in [0.2, 0.25) is 5.02 Å². The molecule has 124 valence electrons. The number of hydrogen-bond acceptors (Lipinski definition) is 3. The predicted octanol–water partition coefficient (Wildman–Crippen LogP) is 2.78. The quantitative estimate of drug-likeness (QED) is 0.817. The van der Waals surface area contributed by atoms with E-state index in [1.54, 1.807) is 10.9 Å². The number of aryl methyl sites for hydroxylation is 1. The maximum atomic E-state index is 12.2. The van der Waals surface area contributed by atoms with Gasteiger partial charge < -0.3 is 10.4 Å². The van der Waals surface area contributed by atoms with Crippen LogP contribution in [-0.2, 0) is 6.54 Å². The Labute approximate surface area is 141 Å². The van der Waals surface area contributed by atoms with Gasteiger partial charge in [0.1, 0.15) is 0 Å². The second-order valence-electron chi connectivity index (χ2n) is 5.56. The van der Waals surface area contributed by atoms with E-state index in [2.05, 4.69) is 10.4 Å². The zero-order chi connectivity index (χ0) is 16.8. The van der Waals surface area contributed by atoms with Crippen molar-refractivity contribution in [3.8, 4) is 0 Å². The summed E-state index contributed by atoms with van der Waals surface area (Å²) in [6.07, 6.45) is 2.61. The molecule has 23 heavy (non-hydrogen) atoms. The van der Waals surface area contributed by atoms with Gasteiger partial charge >= 0.3 is 0 Å². The van der Waals surface area contributed by atoms with E-state index in [-0.39, 0.29) is 12.0 Å². The van der Waals surface area contributed by atoms with Gasteiger partial charge in [-0.15, -0.1) is 0 Å². The molecule has 2 rings (SSSR count). The molecule has 1 heterocycles. The standard InChI is InChI=1S/C17H22ClN3O2/c1-3-15(22)7-8-19-17(23)16-11-21(20-12(16)2)10-13-5-4-6-14(18)9-13/h4-6,9,11,15,22H,3,7-8,10H2,1-2H3,(H,19,23). The average Bonchev–Trinajstić information content (AvgIpc) is 2.87. The van der Waals surface area contributed by atoms with Crippen molar-refractivity contribution in [2.45, 2.75) is 39.3 Å². The molecule has 0 saturated carbocycles. The molecular formula is C17H22ClN3O2. The molecule has 0 bridgehead atoms. The Balaban J connectivity index is 1.98. The minimum Gasteiger partial charge on any atom is -0.393 e. The number of nitrogens with zero attached hydrogens (tertiary/aromatic N) is 2. The predicted molar refractivity (Wildman–Crippen MR) is 90.8 cm³/mol. The molecule has 0 saturated heterocycles. The van der Waals surface area contributed by atoms with Crippen molar-refractivity contribution in [2.24, 2.45) is 0 Å². The highest BCUT2D eigenvalue weighted by Gasteiger charge is 2.13. The third-order valence-electron chi connectivity index (χ3n) is 3.66. The van der Waals surface area contributed by atoms with Crippen molar-refractivity contribution in [3.63, 3.8) is 0 Å². The lowest BCUT2D eigenvalue weighted by Crippen LogP contribution is -2.27. The first-order valence-electron chi connectivity index (χ1n) is 7.74. The van der Waals surface area contributed by atoms with Crippen LogP contribution in [0.5, 0.6) is 0 Å². The molecule has 1 unspecified atom stereocenters. The lowest BCUT2D eigenvalue weighted by atomic mass is 10.2. The molecule has 1 aromatic heterocycles. The van der Waals surface area contributed by atoms with Crippen molar-refractivity contribution in [1.82, 2.24) is 15.1 Å². The number of amides is 1. The van der Waals surface area contributed by atoms with E-state index >= 15 is 0 Å². The maximum absolute atomic E-state index is 12.2. The topological polar surface area (TPSA) is 67.2 Å². The summed E-state index contributed by atoms with van der Waals surface area (Å²) in [6.45, 7) is 4.73. The van der Waals surface area contributed by atoms with Gasteiger partial charge in [-0.25, -0.2) is 0 Å². The lowest BCUT2D eigenvalue weighted by molar-refractivity contribution is 0.0941. The van der Waals surface area contributed by atoms with Crippen LogP contribution in [0.25, 0.3) is 0 Å². The monoisotopic (exact) mass is 335 g/mol. The van der Waals surface area contributed by atoms with E-state index in [9.17, 15) is 9.90 Å². The van der Waals surface area contributed by atoms with Gasteiger partial charge in [-0.3, -0.25) is 9.48 Å². The summed E-state index contributed by atoms with van der Waals surface area (Å²) in [5.74, 6) is -0.164. The van der Waals surface area contributed by atoms with Crippen molar-refractivity contribution >= 4 is 17.5 Å². The fourth-order valence-electron chi connectivity index (χ4n) is 2.30. The fraction of sp³-hybridized carbons (Fsp3) is 0.412. The van der Waals surface area contributed by atoms with Gasteiger partial charge in [0.05, 0.1) is 23.9 Å². The van der Waals surface area contributed by atoms with Crippen LogP contribution in [0.15, 0.2) is 30.5 Å². The van der Waals surface area contributed by atoms with E-state index in [0.717, 1.165) is 5.56 Å². The summed E-state index contributed by atoms with van der Waals surface area (Å²) in [5.41, 5.74) is 2.26. The Hall–Kier alpha value is -1.85. The molecule has 6 heteroatoms. The highest BCUT2D eigenvalue weighted by Crippen LogP contribution is 2.13. The minimum absolute atomic E-state index is 0.164. The largest absolute Gasteiger partial charge is 0.393 e. The average molecular weight is 336 g/mol. The summed E-state index contributed by atoms with van der Waals surface area (Å²) in [6, 6.07) is 7.56. The fourth-order valence-corrected chi connectivity index (χ4v) is 2.51. The van der Waals surface area contributed by atoms with Crippen LogP contribution in [0, 0.1) is 6.92 Å². The highest BCUT2D eigenvalue weighted by atomic mass is 35.5. The minimum atomic E-state index is -0.373. The van der Waals surface area contributed by atoms with E-state index < -0.39 is 0 Å². The van der Waals surface area contributed by atoms with Gasteiger partial charge in [0.15, 0.2) is 0 Å². The number of hydrogen-bond donors (Lipinski definition) is 2. The van der Waals surface area contributed by atoms with E-state index in [4.69, 9.17) is 11.6 Å².